The molecule has 0 bridgehead atoms. The smallest absolute Gasteiger partial charge is 0.246 e. The summed E-state index contributed by atoms with van der Waals surface area (Å²) in [7, 11) is 0. The van der Waals surface area contributed by atoms with Gasteiger partial charge in [0.25, 0.3) is 0 Å². The molecule has 0 aliphatic carbocycles. The van der Waals surface area contributed by atoms with Crippen molar-refractivity contribution in [2.75, 3.05) is 13.2 Å². The second kappa shape index (κ2) is 10.2. The maximum atomic E-state index is 11.8. The molecule has 0 saturated heterocycles. The molecule has 0 spiro atoms. The highest BCUT2D eigenvalue weighted by atomic mass is 16.5. The average Bonchev–Trinajstić information content (AvgIpc) is 2.65. The number of hydrogen-bond donors (Lipinski definition) is 2. The molecule has 0 radical (unpaired) electrons. The second-order valence-corrected chi connectivity index (χ2v) is 5.79. The maximum absolute atomic E-state index is 11.8. The Bertz CT molecular complexity index is 719. The number of carbonyl (C=O) groups excluding carboxylic acids is 2. The third-order valence-corrected chi connectivity index (χ3v) is 3.70. The van der Waals surface area contributed by atoms with Crippen LogP contribution in [0.4, 0.5) is 0 Å². The van der Waals surface area contributed by atoms with Crippen LogP contribution in [0, 0.1) is 0 Å². The van der Waals surface area contributed by atoms with Gasteiger partial charge in [-0.2, -0.15) is 0 Å². The van der Waals surface area contributed by atoms with Crippen LogP contribution in [-0.4, -0.2) is 31.1 Å². The minimum absolute atomic E-state index is 0.0967. The summed E-state index contributed by atoms with van der Waals surface area (Å²) >= 11 is 0. The Morgan fingerprint density at radius 1 is 1.08 bits per heavy atom. The number of rotatable bonds is 10. The van der Waals surface area contributed by atoms with Gasteiger partial charge in [0, 0.05) is 13.0 Å². The fraction of sp³-hybridized carbons (Fsp3) is 0.300. The van der Waals surface area contributed by atoms with E-state index in [9.17, 15) is 9.59 Å². The van der Waals surface area contributed by atoms with Gasteiger partial charge in [0.1, 0.15) is 25.0 Å². The molecule has 6 heteroatoms. The van der Waals surface area contributed by atoms with Crippen molar-refractivity contribution in [3.8, 4) is 5.75 Å². The fourth-order valence-corrected chi connectivity index (χ4v) is 2.39. The van der Waals surface area contributed by atoms with E-state index in [-0.39, 0.29) is 18.9 Å². The zero-order chi connectivity index (χ0) is 18.8. The van der Waals surface area contributed by atoms with Crippen molar-refractivity contribution >= 4 is 11.8 Å². The number of nitrogens with two attached hydrogens (primary N) is 1. The van der Waals surface area contributed by atoms with Crippen LogP contribution in [0.25, 0.3) is 0 Å². The van der Waals surface area contributed by atoms with Crippen molar-refractivity contribution in [2.24, 2.45) is 5.73 Å². The molecule has 0 aliphatic heterocycles. The summed E-state index contributed by atoms with van der Waals surface area (Å²) in [5.41, 5.74) is 7.32. The number of amides is 2. The van der Waals surface area contributed by atoms with Crippen LogP contribution in [0.3, 0.4) is 0 Å². The molecule has 0 aliphatic rings. The monoisotopic (exact) mass is 356 g/mol. The van der Waals surface area contributed by atoms with E-state index in [0.29, 0.717) is 19.0 Å². The number of benzene rings is 2. The lowest BCUT2D eigenvalue weighted by atomic mass is 10.1. The Balaban J connectivity index is 1.96. The van der Waals surface area contributed by atoms with Gasteiger partial charge in [0.05, 0.1) is 0 Å². The number of ether oxygens (including phenoxy) is 2. The minimum atomic E-state index is -0.799. The third-order valence-electron chi connectivity index (χ3n) is 3.70. The Labute approximate surface area is 153 Å². The van der Waals surface area contributed by atoms with Crippen molar-refractivity contribution in [2.45, 2.75) is 26.0 Å². The van der Waals surface area contributed by atoms with E-state index < -0.39 is 11.9 Å². The van der Waals surface area contributed by atoms with Crippen molar-refractivity contribution < 1.29 is 19.1 Å². The van der Waals surface area contributed by atoms with Crippen LogP contribution >= 0.6 is 0 Å². The van der Waals surface area contributed by atoms with Gasteiger partial charge in [-0.15, -0.1) is 0 Å². The number of carbonyl (C=O) groups is 2. The molecular weight excluding hydrogens is 332 g/mol. The highest BCUT2D eigenvalue weighted by molar-refractivity contribution is 5.87. The number of primary amides is 1. The Hall–Kier alpha value is -2.86. The van der Waals surface area contributed by atoms with E-state index >= 15 is 0 Å². The SMILES string of the molecule is CCOCC(=O)N[C@@H](Cc1cccc(OCc2ccccc2)c1)C(N)=O. The Morgan fingerprint density at radius 2 is 1.81 bits per heavy atom. The largest absolute Gasteiger partial charge is 0.489 e. The molecule has 26 heavy (non-hydrogen) atoms. The first-order valence-electron chi connectivity index (χ1n) is 8.50. The molecule has 0 heterocycles. The minimum Gasteiger partial charge on any atom is -0.489 e. The topological polar surface area (TPSA) is 90.7 Å². The normalized spacial score (nSPS) is 11.6. The van der Waals surface area contributed by atoms with E-state index in [1.165, 1.54) is 0 Å². The molecule has 2 rings (SSSR count). The predicted octanol–water partition coefficient (Wildman–Crippen LogP) is 1.81. The Morgan fingerprint density at radius 3 is 2.50 bits per heavy atom. The molecule has 2 amide bonds. The highest BCUT2D eigenvalue weighted by Gasteiger charge is 2.18. The second-order valence-electron chi connectivity index (χ2n) is 5.79. The van der Waals surface area contributed by atoms with Crippen LogP contribution in [0.2, 0.25) is 0 Å². The predicted molar refractivity (Wildman–Crippen MR) is 98.5 cm³/mol. The van der Waals surface area contributed by atoms with Crippen LogP contribution in [0.5, 0.6) is 5.75 Å². The van der Waals surface area contributed by atoms with Gasteiger partial charge in [-0.1, -0.05) is 42.5 Å². The van der Waals surface area contributed by atoms with Gasteiger partial charge in [-0.25, -0.2) is 0 Å². The van der Waals surface area contributed by atoms with E-state index in [0.717, 1.165) is 11.1 Å². The molecule has 138 valence electrons. The Kier molecular flexibility index (Phi) is 7.64. The van der Waals surface area contributed by atoms with Gasteiger partial charge in [0.15, 0.2) is 0 Å². The molecule has 3 N–H and O–H groups in total. The van der Waals surface area contributed by atoms with E-state index in [1.54, 1.807) is 6.92 Å². The van der Waals surface area contributed by atoms with Crippen LogP contribution in [0.15, 0.2) is 54.6 Å². The zero-order valence-corrected chi connectivity index (χ0v) is 14.8. The summed E-state index contributed by atoms with van der Waals surface area (Å²) in [6.07, 6.45) is 0.287. The molecule has 0 unspecified atom stereocenters. The average molecular weight is 356 g/mol. The van der Waals surface area contributed by atoms with Crippen molar-refractivity contribution in [1.29, 1.82) is 0 Å². The first-order valence-corrected chi connectivity index (χ1v) is 8.50. The summed E-state index contributed by atoms with van der Waals surface area (Å²) in [6, 6.07) is 16.4. The summed E-state index contributed by atoms with van der Waals surface area (Å²) in [6.45, 7) is 2.57. The lowest BCUT2D eigenvalue weighted by molar-refractivity contribution is -0.130. The maximum Gasteiger partial charge on any atom is 0.246 e. The van der Waals surface area contributed by atoms with Crippen molar-refractivity contribution in [3.63, 3.8) is 0 Å². The summed E-state index contributed by atoms with van der Waals surface area (Å²) in [5.74, 6) is -0.271. The van der Waals surface area contributed by atoms with Crippen molar-refractivity contribution in [1.82, 2.24) is 5.32 Å². The van der Waals surface area contributed by atoms with Gasteiger partial charge in [-0.3, -0.25) is 9.59 Å². The van der Waals surface area contributed by atoms with Gasteiger partial charge in [0.2, 0.25) is 11.8 Å². The fourth-order valence-electron chi connectivity index (χ4n) is 2.39. The molecule has 1 atom stereocenters. The van der Waals surface area contributed by atoms with E-state index in [4.69, 9.17) is 15.2 Å². The van der Waals surface area contributed by atoms with Crippen molar-refractivity contribution in [3.05, 3.63) is 65.7 Å². The molecule has 2 aromatic rings. The highest BCUT2D eigenvalue weighted by Crippen LogP contribution is 2.16. The van der Waals surface area contributed by atoms with Crippen LogP contribution in [-0.2, 0) is 27.4 Å². The standard InChI is InChI=1S/C20H24N2O4/c1-2-25-14-19(23)22-18(20(21)24)12-16-9-6-10-17(11-16)26-13-15-7-4-3-5-8-15/h3-11,18H,2,12-14H2,1H3,(H2,21,24)(H,22,23)/t18-/m0/s1. The number of hydrogen-bond acceptors (Lipinski definition) is 4. The molecule has 0 fully saturated rings. The molecule has 6 nitrogen and oxygen atoms in total. The first kappa shape index (κ1) is 19.5. The van der Waals surface area contributed by atoms with Gasteiger partial charge < -0.3 is 20.5 Å². The quantitative estimate of drug-likeness (QED) is 0.679. The lowest BCUT2D eigenvalue weighted by Gasteiger charge is -2.16. The van der Waals surface area contributed by atoms with E-state index in [2.05, 4.69) is 5.32 Å². The summed E-state index contributed by atoms with van der Waals surface area (Å²) in [4.78, 5) is 23.4. The molecule has 0 aromatic heterocycles. The third kappa shape index (κ3) is 6.57. The summed E-state index contributed by atoms with van der Waals surface area (Å²) in [5, 5.41) is 2.60. The van der Waals surface area contributed by atoms with Gasteiger partial charge in [-0.05, 0) is 30.2 Å². The molecular formula is C20H24N2O4. The van der Waals surface area contributed by atoms with Crippen LogP contribution in [0.1, 0.15) is 18.1 Å². The molecule has 0 saturated carbocycles. The first-order chi connectivity index (χ1) is 12.6. The number of nitrogens with one attached hydrogen (secondary N) is 1. The van der Waals surface area contributed by atoms with Crippen LogP contribution < -0.4 is 15.8 Å². The zero-order valence-electron chi connectivity index (χ0n) is 14.8. The molecule has 2 aromatic carbocycles. The summed E-state index contributed by atoms with van der Waals surface area (Å²) < 4.78 is 10.8. The van der Waals surface area contributed by atoms with E-state index in [1.807, 2.05) is 54.6 Å². The lowest BCUT2D eigenvalue weighted by Crippen LogP contribution is -2.47. The van der Waals surface area contributed by atoms with Gasteiger partial charge >= 0.3 is 0 Å².